The van der Waals surface area contributed by atoms with Crippen LogP contribution in [-0.2, 0) is 0 Å². The highest BCUT2D eigenvalue weighted by atomic mass is 16.5. The number of ether oxygens (including phenoxy) is 1. The Bertz CT molecular complexity index is 303. The molecule has 0 atom stereocenters. The van der Waals surface area contributed by atoms with Crippen molar-refractivity contribution in [1.82, 2.24) is 4.98 Å². The number of pyridine rings is 1. The summed E-state index contributed by atoms with van der Waals surface area (Å²) in [6, 6.07) is 3.72. The van der Waals surface area contributed by atoms with Crippen molar-refractivity contribution < 1.29 is 9.84 Å². The van der Waals surface area contributed by atoms with Gasteiger partial charge in [-0.1, -0.05) is 0 Å². The van der Waals surface area contributed by atoms with Crippen molar-refractivity contribution in [3.63, 3.8) is 0 Å². The molecule has 0 amide bonds. The molecule has 4 nitrogen and oxygen atoms in total. The van der Waals surface area contributed by atoms with Crippen LogP contribution in [0.5, 0.6) is 5.75 Å². The van der Waals surface area contributed by atoms with Gasteiger partial charge in [-0.3, -0.25) is 0 Å². The van der Waals surface area contributed by atoms with E-state index >= 15 is 0 Å². The van der Waals surface area contributed by atoms with Crippen LogP contribution < -0.4 is 9.64 Å². The highest BCUT2D eigenvalue weighted by Crippen LogP contribution is 2.16. The maximum atomic E-state index is 9.66. The van der Waals surface area contributed by atoms with Gasteiger partial charge in [0, 0.05) is 13.6 Å². The number of methoxy groups -OCH3 is 1. The molecule has 4 heteroatoms. The van der Waals surface area contributed by atoms with Crippen LogP contribution in [-0.4, -0.2) is 36.4 Å². The third kappa shape index (κ3) is 3.75. The largest absolute Gasteiger partial charge is 0.495 e. The summed E-state index contributed by atoms with van der Waals surface area (Å²) >= 11 is 0. The van der Waals surface area contributed by atoms with E-state index in [1.807, 2.05) is 24.1 Å². The molecule has 1 aromatic rings. The van der Waals surface area contributed by atoms with Crippen LogP contribution in [0, 0.1) is 0 Å². The minimum atomic E-state index is -0.726. The van der Waals surface area contributed by atoms with Crippen molar-refractivity contribution in [2.75, 3.05) is 25.6 Å². The van der Waals surface area contributed by atoms with E-state index in [9.17, 15) is 5.11 Å². The molecule has 0 spiro atoms. The Hall–Kier alpha value is -1.29. The molecule has 0 aliphatic rings. The van der Waals surface area contributed by atoms with Gasteiger partial charge in [0.2, 0.25) is 0 Å². The van der Waals surface area contributed by atoms with Gasteiger partial charge >= 0.3 is 0 Å². The summed E-state index contributed by atoms with van der Waals surface area (Å²) in [5, 5.41) is 9.66. The van der Waals surface area contributed by atoms with Gasteiger partial charge in [0.05, 0.1) is 18.9 Å². The molecule has 84 valence electrons. The standard InChI is InChI=1S/C11H18N2O2/c1-11(2,14)8-13(3)10-6-5-9(15-4)7-12-10/h5-7,14H,8H2,1-4H3. The van der Waals surface area contributed by atoms with E-state index in [1.165, 1.54) is 0 Å². The molecule has 1 heterocycles. The zero-order valence-corrected chi connectivity index (χ0v) is 9.69. The van der Waals surface area contributed by atoms with E-state index in [1.54, 1.807) is 27.2 Å². The van der Waals surface area contributed by atoms with Crippen LogP contribution in [0.15, 0.2) is 18.3 Å². The van der Waals surface area contributed by atoms with Gasteiger partial charge in [-0.25, -0.2) is 4.98 Å². The molecular weight excluding hydrogens is 192 g/mol. The number of aromatic nitrogens is 1. The summed E-state index contributed by atoms with van der Waals surface area (Å²) in [5.41, 5.74) is -0.726. The number of anilines is 1. The summed E-state index contributed by atoms with van der Waals surface area (Å²) < 4.78 is 5.02. The van der Waals surface area contributed by atoms with E-state index < -0.39 is 5.60 Å². The van der Waals surface area contributed by atoms with Crippen LogP contribution in [0.1, 0.15) is 13.8 Å². The fourth-order valence-corrected chi connectivity index (χ4v) is 1.38. The van der Waals surface area contributed by atoms with Crippen molar-refractivity contribution in [3.8, 4) is 5.75 Å². The van der Waals surface area contributed by atoms with Crippen LogP contribution in [0.3, 0.4) is 0 Å². The maximum absolute atomic E-state index is 9.66. The lowest BCUT2D eigenvalue weighted by Crippen LogP contribution is -2.36. The van der Waals surface area contributed by atoms with Crippen LogP contribution in [0.2, 0.25) is 0 Å². The van der Waals surface area contributed by atoms with Gasteiger partial charge < -0.3 is 14.7 Å². The van der Waals surface area contributed by atoms with Gasteiger partial charge in [-0.15, -0.1) is 0 Å². The Morgan fingerprint density at radius 1 is 1.47 bits per heavy atom. The molecule has 0 radical (unpaired) electrons. The molecule has 0 aromatic carbocycles. The van der Waals surface area contributed by atoms with Crippen LogP contribution in [0.25, 0.3) is 0 Å². The summed E-state index contributed by atoms with van der Waals surface area (Å²) in [5.74, 6) is 1.55. The predicted molar refractivity (Wildman–Crippen MR) is 60.4 cm³/mol. The second-order valence-electron chi connectivity index (χ2n) is 4.22. The summed E-state index contributed by atoms with van der Waals surface area (Å²) in [4.78, 5) is 6.13. The Morgan fingerprint density at radius 3 is 2.53 bits per heavy atom. The fourth-order valence-electron chi connectivity index (χ4n) is 1.38. The third-order valence-electron chi connectivity index (χ3n) is 1.97. The van der Waals surface area contributed by atoms with E-state index in [0.29, 0.717) is 6.54 Å². The number of aliphatic hydroxyl groups is 1. The van der Waals surface area contributed by atoms with Crippen molar-refractivity contribution in [2.24, 2.45) is 0 Å². The van der Waals surface area contributed by atoms with Crippen LogP contribution >= 0.6 is 0 Å². The van der Waals surface area contributed by atoms with E-state index in [2.05, 4.69) is 4.98 Å². The van der Waals surface area contributed by atoms with Crippen LogP contribution in [0.4, 0.5) is 5.82 Å². The molecule has 0 saturated heterocycles. The first-order valence-electron chi connectivity index (χ1n) is 4.86. The summed E-state index contributed by atoms with van der Waals surface area (Å²) in [7, 11) is 3.50. The maximum Gasteiger partial charge on any atom is 0.137 e. The topological polar surface area (TPSA) is 45.6 Å². The first-order chi connectivity index (χ1) is 6.92. The molecule has 1 N–H and O–H groups in total. The molecule has 15 heavy (non-hydrogen) atoms. The number of rotatable bonds is 4. The third-order valence-corrected chi connectivity index (χ3v) is 1.97. The predicted octanol–water partition coefficient (Wildman–Crippen LogP) is 1.30. The molecule has 1 rings (SSSR count). The molecule has 0 saturated carbocycles. The van der Waals surface area contributed by atoms with Crippen molar-refractivity contribution in [2.45, 2.75) is 19.4 Å². The molecule has 0 aliphatic carbocycles. The lowest BCUT2D eigenvalue weighted by molar-refractivity contribution is 0.0884. The molecule has 0 aliphatic heterocycles. The summed E-state index contributed by atoms with van der Waals surface area (Å²) in [6.45, 7) is 4.08. The highest BCUT2D eigenvalue weighted by Gasteiger charge is 2.16. The quantitative estimate of drug-likeness (QED) is 0.813. The number of nitrogens with zero attached hydrogens (tertiary/aromatic N) is 2. The van der Waals surface area contributed by atoms with Crippen molar-refractivity contribution in [1.29, 1.82) is 0 Å². The number of hydrogen-bond acceptors (Lipinski definition) is 4. The number of likely N-dealkylation sites (N-methyl/N-ethyl adjacent to an activating group) is 1. The minimum Gasteiger partial charge on any atom is -0.495 e. The Kier molecular flexibility index (Phi) is 3.52. The van der Waals surface area contributed by atoms with E-state index in [-0.39, 0.29) is 0 Å². The Balaban J connectivity index is 2.70. The van der Waals surface area contributed by atoms with Gasteiger partial charge in [0.15, 0.2) is 0 Å². The van der Waals surface area contributed by atoms with Gasteiger partial charge in [-0.2, -0.15) is 0 Å². The van der Waals surface area contributed by atoms with Crippen molar-refractivity contribution in [3.05, 3.63) is 18.3 Å². The molecule has 0 unspecified atom stereocenters. The molecule has 1 aromatic heterocycles. The van der Waals surface area contributed by atoms with E-state index in [0.717, 1.165) is 11.6 Å². The highest BCUT2D eigenvalue weighted by molar-refractivity contribution is 5.40. The Labute approximate surface area is 90.5 Å². The average molecular weight is 210 g/mol. The zero-order valence-electron chi connectivity index (χ0n) is 9.69. The van der Waals surface area contributed by atoms with E-state index in [4.69, 9.17) is 4.74 Å². The second-order valence-corrected chi connectivity index (χ2v) is 4.22. The minimum absolute atomic E-state index is 0.534. The average Bonchev–Trinajstić information content (AvgIpc) is 2.15. The van der Waals surface area contributed by atoms with Gasteiger partial charge in [-0.05, 0) is 26.0 Å². The zero-order chi connectivity index (χ0) is 11.5. The Morgan fingerprint density at radius 2 is 2.13 bits per heavy atom. The first-order valence-corrected chi connectivity index (χ1v) is 4.86. The lowest BCUT2D eigenvalue weighted by Gasteiger charge is -2.26. The summed E-state index contributed by atoms with van der Waals surface area (Å²) in [6.07, 6.45) is 1.66. The first kappa shape index (κ1) is 11.8. The SMILES string of the molecule is COc1ccc(N(C)CC(C)(C)O)nc1. The normalized spacial score (nSPS) is 11.3. The smallest absolute Gasteiger partial charge is 0.137 e. The molecule has 0 fully saturated rings. The van der Waals surface area contributed by atoms with Gasteiger partial charge in [0.1, 0.15) is 11.6 Å². The monoisotopic (exact) mass is 210 g/mol. The van der Waals surface area contributed by atoms with Crippen molar-refractivity contribution >= 4 is 5.82 Å². The van der Waals surface area contributed by atoms with Gasteiger partial charge in [0.25, 0.3) is 0 Å². The number of hydrogen-bond donors (Lipinski definition) is 1. The second kappa shape index (κ2) is 4.49. The molecule has 0 bridgehead atoms. The molecular formula is C11H18N2O2. The lowest BCUT2D eigenvalue weighted by atomic mass is 10.1. The fraction of sp³-hybridized carbons (Fsp3) is 0.545.